The minimum Gasteiger partial charge on any atom is -0.488 e. The Morgan fingerprint density at radius 3 is 2.72 bits per heavy atom. The molecule has 3 aliphatic heterocycles. The van der Waals surface area contributed by atoms with E-state index in [9.17, 15) is 9.90 Å². The first-order valence-electron chi connectivity index (χ1n) is 14.2. The molecule has 0 amide bonds. The van der Waals surface area contributed by atoms with E-state index >= 15 is 0 Å². The van der Waals surface area contributed by atoms with Gasteiger partial charge in [-0.05, 0) is 73.1 Å². The van der Waals surface area contributed by atoms with E-state index in [4.69, 9.17) is 14.5 Å². The van der Waals surface area contributed by atoms with Crippen molar-refractivity contribution in [2.45, 2.75) is 51.8 Å². The summed E-state index contributed by atoms with van der Waals surface area (Å²) in [4.78, 5) is 21.0. The standard InChI is InChI=1S/C32H37N3O4/c1-22-4-2-5-28(29-6-3-7-30(33-29)35-15-11-26(20-35)32(36)37)31(22)39-21-23-8-9-25-19-34(14-10-24(25)18-23)27-12-16-38-17-13-27/h2-9,18,26-27H,10-17,19-21H2,1H3,(H,36,37). The Morgan fingerprint density at radius 1 is 1.05 bits per heavy atom. The SMILES string of the molecule is Cc1cccc(-c2cccc(N3CCC(C(=O)O)C3)n2)c1OCc1ccc2c(c1)CCN(C1CCOCC1)C2. The van der Waals surface area contributed by atoms with Gasteiger partial charge in [0.15, 0.2) is 0 Å². The van der Waals surface area contributed by atoms with Gasteiger partial charge in [-0.1, -0.05) is 36.4 Å². The smallest absolute Gasteiger partial charge is 0.308 e. The van der Waals surface area contributed by atoms with Gasteiger partial charge in [0.2, 0.25) is 0 Å². The number of carbonyl (C=O) groups is 1. The molecule has 1 aromatic heterocycles. The number of carboxylic acids is 1. The molecule has 0 bridgehead atoms. The summed E-state index contributed by atoms with van der Waals surface area (Å²) >= 11 is 0. The third-order valence-corrected chi connectivity index (χ3v) is 8.49. The van der Waals surface area contributed by atoms with Crippen molar-refractivity contribution in [3.63, 3.8) is 0 Å². The van der Waals surface area contributed by atoms with E-state index in [1.807, 2.05) is 24.3 Å². The summed E-state index contributed by atoms with van der Waals surface area (Å²) < 4.78 is 12.0. The summed E-state index contributed by atoms with van der Waals surface area (Å²) in [7, 11) is 0. The van der Waals surface area contributed by atoms with Crippen LogP contribution in [0.25, 0.3) is 11.3 Å². The van der Waals surface area contributed by atoms with E-state index < -0.39 is 5.97 Å². The molecule has 4 heterocycles. The molecule has 3 aromatic rings. The minimum atomic E-state index is -0.734. The largest absolute Gasteiger partial charge is 0.488 e. The van der Waals surface area contributed by atoms with Gasteiger partial charge in [0.25, 0.3) is 0 Å². The van der Waals surface area contributed by atoms with Crippen molar-refractivity contribution in [3.8, 4) is 17.0 Å². The number of fused-ring (bicyclic) bond motifs is 1. The lowest BCUT2D eigenvalue weighted by Gasteiger charge is -2.37. The van der Waals surface area contributed by atoms with E-state index in [1.165, 1.54) is 16.7 Å². The number of ether oxygens (including phenoxy) is 2. The number of hydrogen-bond donors (Lipinski definition) is 1. The first kappa shape index (κ1) is 25.8. The first-order valence-corrected chi connectivity index (χ1v) is 14.2. The van der Waals surface area contributed by atoms with Crippen molar-refractivity contribution in [1.29, 1.82) is 0 Å². The Bertz CT molecular complexity index is 1340. The van der Waals surface area contributed by atoms with E-state index in [2.05, 4.69) is 47.1 Å². The lowest BCUT2D eigenvalue weighted by molar-refractivity contribution is -0.140. The molecule has 0 radical (unpaired) electrons. The topological polar surface area (TPSA) is 75.1 Å². The zero-order chi connectivity index (χ0) is 26.8. The molecule has 0 spiro atoms. The van der Waals surface area contributed by atoms with Crippen molar-refractivity contribution in [1.82, 2.24) is 9.88 Å². The molecule has 2 fully saturated rings. The fourth-order valence-electron chi connectivity index (χ4n) is 6.20. The highest BCUT2D eigenvalue weighted by atomic mass is 16.5. The van der Waals surface area contributed by atoms with E-state index in [0.717, 1.165) is 74.0 Å². The number of carboxylic acid groups (broad SMARTS) is 1. The molecule has 0 aliphatic carbocycles. The summed E-state index contributed by atoms with van der Waals surface area (Å²) in [6.07, 6.45) is 4.00. The maximum absolute atomic E-state index is 11.4. The molecule has 1 unspecified atom stereocenters. The molecule has 1 atom stereocenters. The van der Waals surface area contributed by atoms with Crippen LogP contribution >= 0.6 is 0 Å². The molecular formula is C32H37N3O4. The number of aromatic nitrogens is 1. The quantitative estimate of drug-likeness (QED) is 0.459. The maximum Gasteiger partial charge on any atom is 0.308 e. The van der Waals surface area contributed by atoms with E-state index in [0.29, 0.717) is 32.2 Å². The zero-order valence-corrected chi connectivity index (χ0v) is 22.6. The molecule has 2 saturated heterocycles. The number of pyridine rings is 1. The van der Waals surface area contributed by atoms with Gasteiger partial charge in [0.05, 0.1) is 11.6 Å². The molecular weight excluding hydrogens is 490 g/mol. The predicted molar refractivity (Wildman–Crippen MR) is 151 cm³/mol. The van der Waals surface area contributed by atoms with Gasteiger partial charge in [0, 0.05) is 51.0 Å². The Hall–Kier alpha value is -3.42. The van der Waals surface area contributed by atoms with Gasteiger partial charge in [-0.15, -0.1) is 0 Å². The molecule has 0 saturated carbocycles. The third-order valence-electron chi connectivity index (χ3n) is 8.49. The molecule has 39 heavy (non-hydrogen) atoms. The number of aryl methyl sites for hydroxylation is 1. The summed E-state index contributed by atoms with van der Waals surface area (Å²) in [5.74, 6) is 0.584. The highest BCUT2D eigenvalue weighted by Gasteiger charge is 2.29. The highest BCUT2D eigenvalue weighted by molar-refractivity contribution is 5.73. The van der Waals surface area contributed by atoms with Crippen LogP contribution in [0.1, 0.15) is 41.5 Å². The van der Waals surface area contributed by atoms with Crippen LogP contribution in [0.3, 0.4) is 0 Å². The summed E-state index contributed by atoms with van der Waals surface area (Å²) in [6, 6.07) is 19.5. The van der Waals surface area contributed by atoms with Crippen LogP contribution < -0.4 is 9.64 Å². The van der Waals surface area contributed by atoms with Crippen LogP contribution in [-0.2, 0) is 29.1 Å². The van der Waals surface area contributed by atoms with E-state index in [-0.39, 0.29) is 5.92 Å². The van der Waals surface area contributed by atoms with Crippen LogP contribution in [0.15, 0.2) is 54.6 Å². The molecule has 1 N–H and O–H groups in total. The number of aliphatic carboxylic acids is 1. The zero-order valence-electron chi connectivity index (χ0n) is 22.6. The Labute approximate surface area is 230 Å². The van der Waals surface area contributed by atoms with Gasteiger partial charge in [-0.2, -0.15) is 0 Å². The van der Waals surface area contributed by atoms with E-state index in [1.54, 1.807) is 0 Å². The molecule has 6 rings (SSSR count). The van der Waals surface area contributed by atoms with Crippen molar-refractivity contribution >= 4 is 11.8 Å². The molecule has 3 aliphatic rings. The fraction of sp³-hybridized carbons (Fsp3) is 0.438. The van der Waals surface area contributed by atoms with Crippen molar-refractivity contribution in [2.75, 3.05) is 37.7 Å². The average molecular weight is 528 g/mol. The van der Waals surface area contributed by atoms with Crippen LogP contribution in [0.2, 0.25) is 0 Å². The summed E-state index contributed by atoms with van der Waals surface area (Å²) in [5, 5.41) is 9.39. The average Bonchev–Trinajstić information content (AvgIpc) is 3.48. The van der Waals surface area contributed by atoms with Gasteiger partial charge < -0.3 is 19.5 Å². The second-order valence-corrected chi connectivity index (χ2v) is 11.1. The van der Waals surface area contributed by atoms with Gasteiger partial charge in [-0.25, -0.2) is 4.98 Å². The monoisotopic (exact) mass is 527 g/mol. The second-order valence-electron chi connectivity index (χ2n) is 11.1. The van der Waals surface area contributed by atoms with Crippen LogP contribution in [0.4, 0.5) is 5.82 Å². The molecule has 7 heteroatoms. The molecule has 7 nitrogen and oxygen atoms in total. The molecule has 2 aromatic carbocycles. The number of nitrogens with zero attached hydrogens (tertiary/aromatic N) is 3. The number of para-hydroxylation sites is 1. The number of rotatable bonds is 7. The lowest BCUT2D eigenvalue weighted by Crippen LogP contribution is -2.42. The fourth-order valence-corrected chi connectivity index (χ4v) is 6.20. The van der Waals surface area contributed by atoms with Gasteiger partial charge in [0.1, 0.15) is 18.2 Å². The summed E-state index contributed by atoms with van der Waals surface area (Å²) in [6.45, 7) is 7.66. The Balaban J connectivity index is 1.16. The van der Waals surface area contributed by atoms with Gasteiger partial charge in [-0.3, -0.25) is 9.69 Å². The summed E-state index contributed by atoms with van der Waals surface area (Å²) in [5.41, 5.74) is 6.91. The minimum absolute atomic E-state index is 0.338. The lowest BCUT2D eigenvalue weighted by atomic mass is 9.95. The maximum atomic E-state index is 11.4. The van der Waals surface area contributed by atoms with Gasteiger partial charge >= 0.3 is 5.97 Å². The number of hydrogen-bond acceptors (Lipinski definition) is 6. The van der Waals surface area contributed by atoms with Crippen LogP contribution in [0.5, 0.6) is 5.75 Å². The predicted octanol–water partition coefficient (Wildman–Crippen LogP) is 5.08. The van der Waals surface area contributed by atoms with Crippen molar-refractivity contribution < 1.29 is 19.4 Å². The molecule has 204 valence electrons. The highest BCUT2D eigenvalue weighted by Crippen LogP contribution is 2.34. The third kappa shape index (κ3) is 5.65. The first-order chi connectivity index (χ1) is 19.0. The number of anilines is 1. The Kier molecular flexibility index (Phi) is 7.53. The normalized spacial score (nSPS) is 20.1. The number of benzene rings is 2. The van der Waals surface area contributed by atoms with Crippen LogP contribution in [-0.4, -0.2) is 59.8 Å². The Morgan fingerprint density at radius 2 is 1.90 bits per heavy atom. The van der Waals surface area contributed by atoms with Crippen molar-refractivity contribution in [3.05, 3.63) is 76.9 Å². The second kappa shape index (κ2) is 11.4. The van der Waals surface area contributed by atoms with Crippen molar-refractivity contribution in [2.24, 2.45) is 5.92 Å². The van der Waals surface area contributed by atoms with Crippen LogP contribution in [0, 0.1) is 12.8 Å².